The molecule has 20 heavy (non-hydrogen) atoms. The predicted octanol–water partition coefficient (Wildman–Crippen LogP) is 0.483. The number of nitrogens with one attached hydrogen (secondary N) is 1. The Morgan fingerprint density at radius 3 is 2.70 bits per heavy atom. The number of hydrogen-bond acceptors (Lipinski definition) is 4. The second-order valence-electron chi connectivity index (χ2n) is 5.91. The van der Waals surface area contributed by atoms with Gasteiger partial charge in [-0.2, -0.15) is 0 Å². The highest BCUT2D eigenvalue weighted by atomic mass is 35.5. The van der Waals surface area contributed by atoms with Gasteiger partial charge in [0.1, 0.15) is 0 Å². The number of amides is 1. The van der Waals surface area contributed by atoms with Gasteiger partial charge in [0.25, 0.3) is 0 Å². The van der Waals surface area contributed by atoms with Crippen molar-refractivity contribution in [2.45, 2.75) is 37.8 Å². The number of carbonyl (C=O) groups is 1. The van der Waals surface area contributed by atoms with Gasteiger partial charge in [-0.25, -0.2) is 0 Å². The van der Waals surface area contributed by atoms with Crippen LogP contribution in [0, 0.1) is 0 Å². The first-order valence-electron chi connectivity index (χ1n) is 7.67. The van der Waals surface area contributed by atoms with Gasteiger partial charge in [0.15, 0.2) is 0 Å². The molecule has 3 rings (SSSR count). The second kappa shape index (κ2) is 7.59. The third kappa shape index (κ3) is 3.85. The number of ether oxygens (including phenoxy) is 1. The standard InChI is InChI=1S/C14H25N3O2.ClH/c18-14(10-13-2-1-9-19-13)17-6-3-12(11-17)16-7-4-15-5-8-16;/h12-13,15H,1-11H2;1H. The molecule has 3 saturated heterocycles. The number of nitrogens with zero attached hydrogens (tertiary/aromatic N) is 2. The third-order valence-corrected chi connectivity index (χ3v) is 4.61. The van der Waals surface area contributed by atoms with Crippen LogP contribution in [0.25, 0.3) is 0 Å². The molecule has 3 aliphatic heterocycles. The molecule has 3 aliphatic rings. The van der Waals surface area contributed by atoms with Gasteiger partial charge < -0.3 is 15.0 Å². The Labute approximate surface area is 127 Å². The number of likely N-dealkylation sites (tertiary alicyclic amines) is 1. The van der Waals surface area contributed by atoms with Crippen molar-refractivity contribution in [3.05, 3.63) is 0 Å². The Morgan fingerprint density at radius 1 is 1.20 bits per heavy atom. The predicted molar refractivity (Wildman–Crippen MR) is 80.3 cm³/mol. The van der Waals surface area contributed by atoms with E-state index < -0.39 is 0 Å². The molecule has 0 aromatic heterocycles. The summed E-state index contributed by atoms with van der Waals surface area (Å²) in [5.41, 5.74) is 0. The van der Waals surface area contributed by atoms with Gasteiger partial charge in [-0.3, -0.25) is 9.69 Å². The minimum absolute atomic E-state index is 0. The molecular formula is C14H26ClN3O2. The first-order valence-corrected chi connectivity index (χ1v) is 7.67. The van der Waals surface area contributed by atoms with Gasteiger partial charge in [-0.05, 0) is 19.3 Å². The maximum atomic E-state index is 12.2. The lowest BCUT2D eigenvalue weighted by Gasteiger charge is -2.32. The van der Waals surface area contributed by atoms with Crippen molar-refractivity contribution in [1.29, 1.82) is 0 Å². The summed E-state index contributed by atoms with van der Waals surface area (Å²) in [5.74, 6) is 0.296. The van der Waals surface area contributed by atoms with E-state index in [0.29, 0.717) is 18.4 Å². The molecule has 0 radical (unpaired) electrons. The average Bonchev–Trinajstić information content (AvgIpc) is 3.10. The maximum absolute atomic E-state index is 12.2. The summed E-state index contributed by atoms with van der Waals surface area (Å²) in [4.78, 5) is 16.8. The molecule has 0 bridgehead atoms. The maximum Gasteiger partial charge on any atom is 0.225 e. The average molecular weight is 304 g/mol. The molecule has 0 spiro atoms. The summed E-state index contributed by atoms with van der Waals surface area (Å²) >= 11 is 0. The van der Waals surface area contributed by atoms with Gasteiger partial charge in [-0.15, -0.1) is 12.4 Å². The van der Waals surface area contributed by atoms with Crippen molar-refractivity contribution in [2.24, 2.45) is 0 Å². The molecule has 0 aromatic carbocycles. The van der Waals surface area contributed by atoms with Crippen LogP contribution in [-0.4, -0.2) is 73.7 Å². The summed E-state index contributed by atoms with van der Waals surface area (Å²) in [6, 6.07) is 0.579. The molecular weight excluding hydrogens is 278 g/mol. The zero-order valence-electron chi connectivity index (χ0n) is 12.1. The normalized spacial score (nSPS) is 31.3. The smallest absolute Gasteiger partial charge is 0.225 e. The van der Waals surface area contributed by atoms with Crippen LogP contribution in [0.2, 0.25) is 0 Å². The van der Waals surface area contributed by atoms with Crippen LogP contribution >= 0.6 is 12.4 Å². The van der Waals surface area contributed by atoms with Crippen LogP contribution < -0.4 is 5.32 Å². The zero-order chi connectivity index (χ0) is 13.1. The van der Waals surface area contributed by atoms with Crippen LogP contribution in [0.15, 0.2) is 0 Å². The fraction of sp³-hybridized carbons (Fsp3) is 0.929. The number of carbonyl (C=O) groups excluding carboxylic acids is 1. The van der Waals surface area contributed by atoms with Crippen LogP contribution in [0.1, 0.15) is 25.7 Å². The molecule has 6 heteroatoms. The number of rotatable bonds is 3. The minimum atomic E-state index is 0. The molecule has 1 N–H and O–H groups in total. The Bertz CT molecular complexity index is 318. The first-order chi connectivity index (χ1) is 9.33. The van der Waals surface area contributed by atoms with Crippen molar-refractivity contribution >= 4 is 18.3 Å². The van der Waals surface area contributed by atoms with E-state index >= 15 is 0 Å². The van der Waals surface area contributed by atoms with E-state index in [1.165, 1.54) is 0 Å². The minimum Gasteiger partial charge on any atom is -0.378 e. The van der Waals surface area contributed by atoms with Crippen molar-refractivity contribution in [1.82, 2.24) is 15.1 Å². The SMILES string of the molecule is Cl.O=C(CC1CCCO1)N1CCC(N2CCNCC2)C1. The lowest BCUT2D eigenvalue weighted by Crippen LogP contribution is -2.49. The van der Waals surface area contributed by atoms with E-state index in [9.17, 15) is 4.79 Å². The Hall–Kier alpha value is -0.360. The molecule has 5 nitrogen and oxygen atoms in total. The molecule has 2 atom stereocenters. The van der Waals surface area contributed by atoms with Gasteiger partial charge in [0.2, 0.25) is 5.91 Å². The van der Waals surface area contributed by atoms with Crippen LogP contribution in [-0.2, 0) is 9.53 Å². The molecule has 3 fully saturated rings. The summed E-state index contributed by atoms with van der Waals surface area (Å²) in [6.07, 6.45) is 4.08. The Balaban J connectivity index is 0.00000147. The first kappa shape index (κ1) is 16.0. The van der Waals surface area contributed by atoms with Crippen molar-refractivity contribution in [3.63, 3.8) is 0 Å². The number of halogens is 1. The van der Waals surface area contributed by atoms with Crippen LogP contribution in [0.5, 0.6) is 0 Å². The molecule has 0 saturated carbocycles. The summed E-state index contributed by atoms with van der Waals surface area (Å²) < 4.78 is 5.56. The topological polar surface area (TPSA) is 44.8 Å². The Kier molecular flexibility index (Phi) is 6.08. The number of hydrogen-bond donors (Lipinski definition) is 1. The molecule has 0 aliphatic carbocycles. The molecule has 3 heterocycles. The van der Waals surface area contributed by atoms with E-state index in [1.54, 1.807) is 0 Å². The summed E-state index contributed by atoms with van der Waals surface area (Å²) in [5, 5.41) is 3.38. The number of piperazine rings is 1. The molecule has 116 valence electrons. The molecule has 2 unspecified atom stereocenters. The lowest BCUT2D eigenvalue weighted by atomic mass is 10.1. The van der Waals surface area contributed by atoms with Crippen LogP contribution in [0.3, 0.4) is 0 Å². The fourth-order valence-corrected chi connectivity index (χ4v) is 3.44. The van der Waals surface area contributed by atoms with Gasteiger partial charge >= 0.3 is 0 Å². The van der Waals surface area contributed by atoms with E-state index in [-0.39, 0.29) is 18.5 Å². The molecule has 0 aromatic rings. The highest BCUT2D eigenvalue weighted by Gasteiger charge is 2.32. The monoisotopic (exact) mass is 303 g/mol. The van der Waals surface area contributed by atoms with Crippen LogP contribution in [0.4, 0.5) is 0 Å². The third-order valence-electron chi connectivity index (χ3n) is 4.61. The van der Waals surface area contributed by atoms with Crippen molar-refractivity contribution in [3.8, 4) is 0 Å². The highest BCUT2D eigenvalue weighted by Crippen LogP contribution is 2.20. The second-order valence-corrected chi connectivity index (χ2v) is 5.91. The van der Waals surface area contributed by atoms with Gasteiger partial charge in [-0.1, -0.05) is 0 Å². The highest BCUT2D eigenvalue weighted by molar-refractivity contribution is 5.85. The zero-order valence-corrected chi connectivity index (χ0v) is 12.9. The van der Waals surface area contributed by atoms with Crippen molar-refractivity contribution in [2.75, 3.05) is 45.9 Å². The summed E-state index contributed by atoms with van der Waals surface area (Å²) in [7, 11) is 0. The van der Waals surface area contributed by atoms with Gasteiger partial charge in [0.05, 0.1) is 12.5 Å². The van der Waals surface area contributed by atoms with Crippen molar-refractivity contribution < 1.29 is 9.53 Å². The van der Waals surface area contributed by atoms with E-state index in [0.717, 1.165) is 65.1 Å². The van der Waals surface area contributed by atoms with Gasteiger partial charge in [0, 0.05) is 51.9 Å². The fourth-order valence-electron chi connectivity index (χ4n) is 3.44. The molecule has 1 amide bonds. The van der Waals surface area contributed by atoms with E-state index in [1.807, 2.05) is 4.90 Å². The Morgan fingerprint density at radius 2 is 2.00 bits per heavy atom. The lowest BCUT2D eigenvalue weighted by molar-refractivity contribution is -0.132. The van der Waals surface area contributed by atoms with E-state index in [4.69, 9.17) is 4.74 Å². The van der Waals surface area contributed by atoms with E-state index in [2.05, 4.69) is 10.2 Å². The largest absolute Gasteiger partial charge is 0.378 e. The quantitative estimate of drug-likeness (QED) is 0.824. The summed E-state index contributed by atoms with van der Waals surface area (Å²) in [6.45, 7) is 7.10.